The fourth-order valence-corrected chi connectivity index (χ4v) is 2.54. The van der Waals surface area contributed by atoms with Crippen LogP contribution in [0.5, 0.6) is 0 Å². The molecule has 0 heterocycles. The van der Waals surface area contributed by atoms with Crippen molar-refractivity contribution in [2.45, 2.75) is 68.9 Å². The average molecular weight is 281 g/mol. The number of nitrogens with one attached hydrogen (secondary N) is 1. The van der Waals surface area contributed by atoms with E-state index in [0.29, 0.717) is 0 Å². The molecule has 2 fully saturated rings. The first-order valence-electron chi connectivity index (χ1n) is 7.04. The molecule has 2 aliphatic rings. The van der Waals surface area contributed by atoms with Crippen LogP contribution < -0.4 is 5.32 Å². The summed E-state index contributed by atoms with van der Waals surface area (Å²) in [4.78, 5) is 0. The third-order valence-electron chi connectivity index (χ3n) is 4.05. The molecule has 0 radical (unpaired) electrons. The van der Waals surface area contributed by atoms with Crippen molar-refractivity contribution in [3.05, 3.63) is 0 Å². The molecule has 0 saturated heterocycles. The van der Waals surface area contributed by atoms with E-state index in [0.717, 1.165) is 25.7 Å². The van der Waals surface area contributed by atoms with Gasteiger partial charge < -0.3 is 15.2 Å². The maximum absolute atomic E-state index is 12.6. The number of hydrogen-bond acceptors (Lipinski definition) is 3. The number of alkyl halides is 3. The number of rotatable bonds is 6. The zero-order valence-electron chi connectivity index (χ0n) is 11.0. The van der Waals surface area contributed by atoms with Crippen LogP contribution in [0.25, 0.3) is 0 Å². The van der Waals surface area contributed by atoms with Gasteiger partial charge in [0.2, 0.25) is 0 Å². The van der Waals surface area contributed by atoms with Crippen molar-refractivity contribution in [3.63, 3.8) is 0 Å². The van der Waals surface area contributed by atoms with Crippen LogP contribution in [0.3, 0.4) is 0 Å². The lowest BCUT2D eigenvalue weighted by Crippen LogP contribution is -2.48. The number of β-amino-alcohol motifs (C(OH)–C–C–N with tert-alkyl or cyclic N) is 1. The lowest BCUT2D eigenvalue weighted by atomic mass is 9.98. The molecule has 0 bridgehead atoms. The van der Waals surface area contributed by atoms with Gasteiger partial charge in [-0.1, -0.05) is 19.3 Å². The summed E-state index contributed by atoms with van der Waals surface area (Å²) in [5, 5.41) is 12.1. The summed E-state index contributed by atoms with van der Waals surface area (Å²) in [7, 11) is 0. The largest absolute Gasteiger partial charge is 0.406 e. The van der Waals surface area contributed by atoms with Crippen LogP contribution in [0.1, 0.15) is 44.9 Å². The second-order valence-corrected chi connectivity index (χ2v) is 5.71. The Labute approximate surface area is 111 Å². The van der Waals surface area contributed by atoms with E-state index in [9.17, 15) is 18.3 Å². The molecule has 19 heavy (non-hydrogen) atoms. The number of aliphatic hydroxyl groups is 1. The van der Waals surface area contributed by atoms with Crippen molar-refractivity contribution in [1.82, 2.24) is 5.32 Å². The van der Waals surface area contributed by atoms with Gasteiger partial charge in [0.1, 0.15) is 5.54 Å². The predicted molar refractivity (Wildman–Crippen MR) is 64.9 cm³/mol. The van der Waals surface area contributed by atoms with Crippen LogP contribution in [0, 0.1) is 0 Å². The lowest BCUT2D eigenvalue weighted by molar-refractivity contribution is -0.167. The zero-order chi connectivity index (χ0) is 13.9. The molecule has 6 heteroatoms. The Balaban J connectivity index is 1.63. The maximum Gasteiger partial charge on any atom is 0.406 e. The van der Waals surface area contributed by atoms with Crippen LogP contribution in [0.15, 0.2) is 0 Å². The van der Waals surface area contributed by atoms with Crippen LogP contribution in [-0.4, -0.2) is 42.2 Å². The highest BCUT2D eigenvalue weighted by Gasteiger charge is 2.63. The highest BCUT2D eigenvalue weighted by molar-refractivity contribution is 5.08. The third-order valence-corrected chi connectivity index (χ3v) is 4.05. The topological polar surface area (TPSA) is 41.5 Å². The standard InChI is InChI=1S/C13H22F3NO2/c14-13(15,16)12(6-7-12)17-8-10(18)9-19-11-4-2-1-3-5-11/h10-11,17-18H,1-9H2. The number of hydrogen-bond donors (Lipinski definition) is 2. The highest BCUT2D eigenvalue weighted by Crippen LogP contribution is 2.48. The minimum atomic E-state index is -4.23. The fraction of sp³-hybridized carbons (Fsp3) is 1.00. The molecule has 2 rings (SSSR count). The summed E-state index contributed by atoms with van der Waals surface area (Å²) in [5.74, 6) is 0. The van der Waals surface area contributed by atoms with Gasteiger partial charge in [0.05, 0.1) is 18.8 Å². The molecule has 1 atom stereocenters. The van der Waals surface area contributed by atoms with E-state index in [4.69, 9.17) is 4.74 Å². The molecule has 0 aromatic rings. The normalized spacial score (nSPS) is 25.3. The molecule has 1 unspecified atom stereocenters. The van der Waals surface area contributed by atoms with Crippen LogP contribution in [0.2, 0.25) is 0 Å². The van der Waals surface area contributed by atoms with Gasteiger partial charge >= 0.3 is 6.18 Å². The van der Waals surface area contributed by atoms with Crippen LogP contribution in [0.4, 0.5) is 13.2 Å². The number of ether oxygens (including phenoxy) is 1. The Morgan fingerprint density at radius 2 is 1.84 bits per heavy atom. The predicted octanol–water partition coefficient (Wildman–Crippen LogP) is 2.38. The van der Waals surface area contributed by atoms with E-state index in [2.05, 4.69) is 5.32 Å². The molecule has 0 aliphatic heterocycles. The minimum absolute atomic E-state index is 0.0633. The molecule has 2 saturated carbocycles. The first-order valence-corrected chi connectivity index (χ1v) is 7.04. The summed E-state index contributed by atoms with van der Waals surface area (Å²) in [5.41, 5.74) is -1.75. The van der Waals surface area contributed by atoms with Gasteiger partial charge in [-0.05, 0) is 25.7 Å². The van der Waals surface area contributed by atoms with E-state index < -0.39 is 17.8 Å². The molecule has 0 amide bonds. The van der Waals surface area contributed by atoms with Crippen molar-refractivity contribution >= 4 is 0 Å². The number of aliphatic hydroxyl groups excluding tert-OH is 1. The van der Waals surface area contributed by atoms with E-state index in [1.807, 2.05) is 0 Å². The smallest absolute Gasteiger partial charge is 0.389 e. The molecule has 0 spiro atoms. The molecule has 0 aromatic carbocycles. The van der Waals surface area contributed by atoms with E-state index >= 15 is 0 Å². The third kappa shape index (κ3) is 4.07. The number of halogens is 3. The van der Waals surface area contributed by atoms with E-state index in [1.165, 1.54) is 6.42 Å². The quantitative estimate of drug-likeness (QED) is 0.785. The second-order valence-electron chi connectivity index (χ2n) is 5.71. The van der Waals surface area contributed by atoms with Crippen molar-refractivity contribution in [3.8, 4) is 0 Å². The molecular weight excluding hydrogens is 259 g/mol. The lowest BCUT2D eigenvalue weighted by Gasteiger charge is -2.25. The summed E-state index contributed by atoms with van der Waals surface area (Å²) >= 11 is 0. The maximum atomic E-state index is 12.6. The Hall–Kier alpha value is -0.330. The Morgan fingerprint density at radius 3 is 2.37 bits per heavy atom. The Bertz CT molecular complexity index is 286. The van der Waals surface area contributed by atoms with Crippen LogP contribution >= 0.6 is 0 Å². The molecule has 2 N–H and O–H groups in total. The van der Waals surface area contributed by atoms with Gasteiger partial charge in [-0.2, -0.15) is 13.2 Å². The Morgan fingerprint density at radius 1 is 1.21 bits per heavy atom. The SMILES string of the molecule is OC(CNC1(C(F)(F)F)CC1)COC1CCCCC1. The molecule has 2 aliphatic carbocycles. The first kappa shape index (κ1) is 15.1. The van der Waals surface area contributed by atoms with E-state index in [-0.39, 0.29) is 32.1 Å². The summed E-state index contributed by atoms with van der Waals surface area (Å²) in [6.45, 7) is 0.0534. The summed E-state index contributed by atoms with van der Waals surface area (Å²) < 4.78 is 43.5. The second kappa shape index (κ2) is 5.97. The first-order chi connectivity index (χ1) is 8.93. The van der Waals surface area contributed by atoms with Gasteiger partial charge in [-0.3, -0.25) is 0 Å². The van der Waals surface area contributed by atoms with Gasteiger partial charge in [-0.15, -0.1) is 0 Å². The molecular formula is C13H22F3NO2. The van der Waals surface area contributed by atoms with Gasteiger partial charge in [0.15, 0.2) is 0 Å². The molecule has 0 aromatic heterocycles. The van der Waals surface area contributed by atoms with Gasteiger partial charge in [0.25, 0.3) is 0 Å². The van der Waals surface area contributed by atoms with Gasteiger partial charge in [0, 0.05) is 6.54 Å². The van der Waals surface area contributed by atoms with Crippen molar-refractivity contribution < 1.29 is 23.0 Å². The van der Waals surface area contributed by atoms with Crippen molar-refractivity contribution in [2.24, 2.45) is 0 Å². The monoisotopic (exact) mass is 281 g/mol. The summed E-state index contributed by atoms with van der Waals surface area (Å²) in [6, 6.07) is 0. The highest BCUT2D eigenvalue weighted by atomic mass is 19.4. The van der Waals surface area contributed by atoms with Crippen molar-refractivity contribution in [2.75, 3.05) is 13.2 Å². The average Bonchev–Trinajstić information content (AvgIpc) is 3.16. The molecule has 112 valence electrons. The van der Waals surface area contributed by atoms with Gasteiger partial charge in [-0.25, -0.2) is 0 Å². The van der Waals surface area contributed by atoms with Crippen molar-refractivity contribution in [1.29, 1.82) is 0 Å². The fourth-order valence-electron chi connectivity index (χ4n) is 2.54. The minimum Gasteiger partial charge on any atom is -0.389 e. The van der Waals surface area contributed by atoms with E-state index in [1.54, 1.807) is 0 Å². The Kier molecular flexibility index (Phi) is 4.74. The molecule has 3 nitrogen and oxygen atoms in total. The zero-order valence-corrected chi connectivity index (χ0v) is 11.0. The summed E-state index contributed by atoms with van der Waals surface area (Å²) in [6.07, 6.45) is 0.753. The van der Waals surface area contributed by atoms with Crippen LogP contribution in [-0.2, 0) is 4.74 Å².